The van der Waals surface area contributed by atoms with Crippen LogP contribution in [0.1, 0.15) is 28.9 Å². The SMILES string of the molecule is N#CCCCn1ccc(C(=O)O)c1C(F)(F)F. The number of nitriles is 1. The molecule has 0 fully saturated rings. The molecule has 4 nitrogen and oxygen atoms in total. The largest absolute Gasteiger partial charge is 0.478 e. The lowest BCUT2D eigenvalue weighted by Gasteiger charge is -2.12. The summed E-state index contributed by atoms with van der Waals surface area (Å²) in [5.41, 5.74) is -1.95. The van der Waals surface area contributed by atoms with Gasteiger partial charge in [0.05, 0.1) is 11.6 Å². The van der Waals surface area contributed by atoms with Crippen LogP contribution in [0, 0.1) is 11.3 Å². The number of aryl methyl sites for hydroxylation is 1. The number of hydrogen-bond donors (Lipinski definition) is 1. The van der Waals surface area contributed by atoms with Crippen molar-refractivity contribution in [2.45, 2.75) is 25.6 Å². The third kappa shape index (κ3) is 3.00. The molecule has 0 aliphatic heterocycles. The fourth-order valence-corrected chi connectivity index (χ4v) is 1.48. The van der Waals surface area contributed by atoms with Crippen LogP contribution in [0.2, 0.25) is 0 Å². The molecule has 0 saturated heterocycles. The highest BCUT2D eigenvalue weighted by molar-refractivity contribution is 5.89. The van der Waals surface area contributed by atoms with Gasteiger partial charge in [0.2, 0.25) is 0 Å². The van der Waals surface area contributed by atoms with Gasteiger partial charge in [-0.05, 0) is 12.5 Å². The van der Waals surface area contributed by atoms with Gasteiger partial charge in [-0.2, -0.15) is 18.4 Å². The number of aromatic nitrogens is 1. The molecule has 0 saturated carbocycles. The van der Waals surface area contributed by atoms with Crippen LogP contribution < -0.4 is 0 Å². The Morgan fingerprint density at radius 1 is 1.53 bits per heavy atom. The number of alkyl halides is 3. The number of carboxylic acid groups (broad SMARTS) is 1. The second-order valence-electron chi connectivity index (χ2n) is 3.34. The predicted octanol–water partition coefficient (Wildman–Crippen LogP) is 2.51. The van der Waals surface area contributed by atoms with Crippen LogP contribution in [-0.2, 0) is 12.7 Å². The van der Waals surface area contributed by atoms with Gasteiger partial charge in [0.15, 0.2) is 0 Å². The third-order valence-electron chi connectivity index (χ3n) is 2.15. The number of carbonyl (C=O) groups is 1. The molecule has 0 aromatic carbocycles. The van der Waals surface area contributed by atoms with E-state index in [0.29, 0.717) is 0 Å². The van der Waals surface area contributed by atoms with Crippen molar-refractivity contribution in [1.82, 2.24) is 4.57 Å². The zero-order valence-electron chi connectivity index (χ0n) is 8.66. The van der Waals surface area contributed by atoms with E-state index in [-0.39, 0.29) is 19.4 Å². The van der Waals surface area contributed by atoms with Crippen molar-refractivity contribution in [3.05, 3.63) is 23.5 Å². The average molecular weight is 246 g/mol. The molecule has 0 amide bonds. The zero-order chi connectivity index (χ0) is 13.1. The van der Waals surface area contributed by atoms with E-state index in [0.717, 1.165) is 16.8 Å². The summed E-state index contributed by atoms with van der Waals surface area (Å²) in [4.78, 5) is 10.6. The van der Waals surface area contributed by atoms with Gasteiger partial charge in [-0.3, -0.25) is 0 Å². The molecular formula is C10H9F3N2O2. The molecule has 0 radical (unpaired) electrons. The van der Waals surface area contributed by atoms with Crippen molar-refractivity contribution >= 4 is 5.97 Å². The summed E-state index contributed by atoms with van der Waals surface area (Å²) < 4.78 is 38.8. The number of aromatic carboxylic acids is 1. The lowest BCUT2D eigenvalue weighted by Crippen LogP contribution is -2.17. The van der Waals surface area contributed by atoms with Crippen LogP contribution in [0.15, 0.2) is 12.3 Å². The summed E-state index contributed by atoms with van der Waals surface area (Å²) in [7, 11) is 0. The average Bonchev–Trinajstić information content (AvgIpc) is 2.61. The molecule has 92 valence electrons. The highest BCUT2D eigenvalue weighted by Gasteiger charge is 2.38. The zero-order valence-corrected chi connectivity index (χ0v) is 8.66. The minimum absolute atomic E-state index is 0.0321. The number of carboxylic acids is 1. The Bertz CT molecular complexity index is 457. The summed E-state index contributed by atoms with van der Waals surface area (Å²) in [5.74, 6) is -1.61. The van der Waals surface area contributed by atoms with Gasteiger partial charge in [-0.1, -0.05) is 0 Å². The first-order valence-electron chi connectivity index (χ1n) is 4.74. The molecule has 0 unspecified atom stereocenters. The first kappa shape index (κ1) is 13.1. The van der Waals surface area contributed by atoms with Crippen molar-refractivity contribution in [1.29, 1.82) is 5.26 Å². The standard InChI is InChI=1S/C10H9F3N2O2/c11-10(12,13)8-7(9(16)17)3-6-15(8)5-2-1-4-14/h3,6H,1-2,5H2,(H,16,17). The van der Waals surface area contributed by atoms with Crippen molar-refractivity contribution < 1.29 is 23.1 Å². The van der Waals surface area contributed by atoms with Crippen LogP contribution >= 0.6 is 0 Å². The highest BCUT2D eigenvalue weighted by Crippen LogP contribution is 2.33. The van der Waals surface area contributed by atoms with E-state index in [4.69, 9.17) is 10.4 Å². The Morgan fingerprint density at radius 2 is 2.18 bits per heavy atom. The van der Waals surface area contributed by atoms with Gasteiger partial charge >= 0.3 is 12.1 Å². The Hall–Kier alpha value is -1.97. The van der Waals surface area contributed by atoms with Crippen LogP contribution in [0.5, 0.6) is 0 Å². The summed E-state index contributed by atoms with van der Waals surface area (Å²) >= 11 is 0. The molecule has 0 atom stereocenters. The number of halogens is 3. The fraction of sp³-hybridized carbons (Fsp3) is 0.400. The van der Waals surface area contributed by atoms with E-state index in [2.05, 4.69) is 0 Å². The molecule has 17 heavy (non-hydrogen) atoms. The van der Waals surface area contributed by atoms with Gasteiger partial charge < -0.3 is 9.67 Å². The summed E-state index contributed by atoms with van der Waals surface area (Å²) in [6, 6.07) is 2.73. The lowest BCUT2D eigenvalue weighted by molar-refractivity contribution is -0.144. The Morgan fingerprint density at radius 3 is 2.65 bits per heavy atom. The second-order valence-corrected chi connectivity index (χ2v) is 3.34. The molecular weight excluding hydrogens is 237 g/mol. The summed E-state index contributed by atoms with van der Waals surface area (Å²) in [5, 5.41) is 16.9. The Kier molecular flexibility index (Phi) is 3.78. The van der Waals surface area contributed by atoms with E-state index in [1.165, 1.54) is 0 Å². The van der Waals surface area contributed by atoms with Gasteiger partial charge in [-0.15, -0.1) is 0 Å². The number of nitrogens with zero attached hydrogens (tertiary/aromatic N) is 2. The molecule has 1 heterocycles. The molecule has 7 heteroatoms. The normalized spacial score (nSPS) is 11.2. The topological polar surface area (TPSA) is 66.0 Å². The van der Waals surface area contributed by atoms with Gasteiger partial charge in [0.25, 0.3) is 0 Å². The molecule has 1 rings (SSSR count). The van der Waals surface area contributed by atoms with E-state index in [9.17, 15) is 18.0 Å². The van der Waals surface area contributed by atoms with Gasteiger partial charge in [0, 0.05) is 19.2 Å². The third-order valence-corrected chi connectivity index (χ3v) is 2.15. The molecule has 0 bridgehead atoms. The van der Waals surface area contributed by atoms with Crippen molar-refractivity contribution in [3.8, 4) is 6.07 Å². The van der Waals surface area contributed by atoms with Crippen LogP contribution in [-0.4, -0.2) is 15.6 Å². The first-order valence-corrected chi connectivity index (χ1v) is 4.74. The lowest BCUT2D eigenvalue weighted by atomic mass is 10.2. The monoisotopic (exact) mass is 246 g/mol. The van der Waals surface area contributed by atoms with E-state index >= 15 is 0 Å². The van der Waals surface area contributed by atoms with Crippen LogP contribution in [0.4, 0.5) is 13.2 Å². The summed E-state index contributed by atoms with van der Waals surface area (Å²) in [6.07, 6.45) is -3.28. The molecule has 1 aromatic rings. The van der Waals surface area contributed by atoms with Gasteiger partial charge in [-0.25, -0.2) is 4.79 Å². The molecule has 0 spiro atoms. The molecule has 0 aliphatic carbocycles. The predicted molar refractivity (Wildman–Crippen MR) is 51.2 cm³/mol. The smallest absolute Gasteiger partial charge is 0.432 e. The molecule has 1 N–H and O–H groups in total. The number of unbranched alkanes of at least 4 members (excludes halogenated alkanes) is 1. The second kappa shape index (κ2) is 4.91. The number of rotatable bonds is 4. The van der Waals surface area contributed by atoms with Crippen molar-refractivity contribution in [2.24, 2.45) is 0 Å². The van der Waals surface area contributed by atoms with Crippen molar-refractivity contribution in [3.63, 3.8) is 0 Å². The van der Waals surface area contributed by atoms with E-state index in [1.54, 1.807) is 0 Å². The highest BCUT2D eigenvalue weighted by atomic mass is 19.4. The maximum atomic E-state index is 12.7. The number of hydrogen-bond acceptors (Lipinski definition) is 2. The van der Waals surface area contributed by atoms with Crippen LogP contribution in [0.3, 0.4) is 0 Å². The minimum atomic E-state index is -4.72. The van der Waals surface area contributed by atoms with Crippen molar-refractivity contribution in [2.75, 3.05) is 0 Å². The van der Waals surface area contributed by atoms with Crippen LogP contribution in [0.25, 0.3) is 0 Å². The summed E-state index contributed by atoms with van der Waals surface area (Å²) in [6.45, 7) is -0.0321. The van der Waals surface area contributed by atoms with E-state index < -0.39 is 23.4 Å². The fourth-order valence-electron chi connectivity index (χ4n) is 1.48. The minimum Gasteiger partial charge on any atom is -0.478 e. The maximum Gasteiger partial charge on any atom is 0.432 e. The molecule has 0 aliphatic rings. The van der Waals surface area contributed by atoms with Gasteiger partial charge in [0.1, 0.15) is 5.69 Å². The quantitative estimate of drug-likeness (QED) is 0.830. The first-order chi connectivity index (χ1) is 7.88. The molecule has 1 aromatic heterocycles. The maximum absolute atomic E-state index is 12.7. The Balaban J connectivity index is 3.07. The Labute approximate surface area is 94.9 Å². The van der Waals surface area contributed by atoms with E-state index in [1.807, 2.05) is 6.07 Å².